The van der Waals surface area contributed by atoms with Crippen LogP contribution in [0.5, 0.6) is 11.5 Å². The van der Waals surface area contributed by atoms with Gasteiger partial charge in [0.05, 0.1) is 30.0 Å². The summed E-state index contributed by atoms with van der Waals surface area (Å²) in [5, 5.41) is 2.31. The average Bonchev–Trinajstić information content (AvgIpc) is 3.36. The van der Waals surface area contributed by atoms with Crippen molar-refractivity contribution in [1.82, 2.24) is 4.90 Å². The molecule has 7 heteroatoms. The van der Waals surface area contributed by atoms with E-state index in [4.69, 9.17) is 4.74 Å². The number of allylic oxidation sites excluding steroid dienone is 1. The Labute approximate surface area is 211 Å². The number of fused-ring (bicyclic) bond motifs is 1. The molecule has 3 aliphatic heterocycles. The number of hydrogen-bond donors (Lipinski definition) is 0. The second-order valence-electron chi connectivity index (χ2n) is 9.13. The molecule has 3 aromatic carbocycles. The molecule has 3 aliphatic rings. The predicted octanol–water partition coefficient (Wildman–Crippen LogP) is 5.54. The molecule has 3 heterocycles. The van der Waals surface area contributed by atoms with Gasteiger partial charge in [0.1, 0.15) is 17.2 Å². The number of para-hydroxylation sites is 3. The summed E-state index contributed by atoms with van der Waals surface area (Å²) >= 11 is 0. The summed E-state index contributed by atoms with van der Waals surface area (Å²) in [6.45, 7) is 4.05. The van der Waals surface area contributed by atoms with E-state index in [1.54, 1.807) is 0 Å². The van der Waals surface area contributed by atoms with E-state index in [1.165, 1.54) is 5.69 Å². The van der Waals surface area contributed by atoms with Gasteiger partial charge < -0.3 is 14.5 Å². The lowest BCUT2D eigenvalue weighted by molar-refractivity contribution is -0.734. The smallest absolute Gasteiger partial charge is 0.225 e. The molecule has 1 saturated heterocycles. The van der Waals surface area contributed by atoms with E-state index in [0.29, 0.717) is 4.59 Å². The molecule has 36 heavy (non-hydrogen) atoms. The third-order valence-electron chi connectivity index (χ3n) is 6.79. The van der Waals surface area contributed by atoms with Crippen LogP contribution in [0.1, 0.15) is 0 Å². The molecule has 6 rings (SSSR count). The fraction of sp³-hybridized carbons (Fsp3) is 0.172. The van der Waals surface area contributed by atoms with Gasteiger partial charge in [0.25, 0.3) is 0 Å². The maximum Gasteiger partial charge on any atom is 0.225 e. The first-order valence-corrected chi connectivity index (χ1v) is 12.2. The summed E-state index contributed by atoms with van der Waals surface area (Å²) in [6.07, 6.45) is 9.62. The number of piperazine rings is 1. The molecule has 180 valence electrons. The lowest BCUT2D eigenvalue weighted by Crippen LogP contribution is -2.53. The molecule has 3 aromatic rings. The van der Waals surface area contributed by atoms with E-state index in [2.05, 4.69) is 74.4 Å². The number of likely N-dealkylation sites (N-methyl/N-ethyl adjacent to an activating group) is 1. The second-order valence-corrected chi connectivity index (χ2v) is 9.13. The lowest BCUT2D eigenvalue weighted by Gasteiger charge is -2.42. The second kappa shape index (κ2) is 9.45. The van der Waals surface area contributed by atoms with Gasteiger partial charge in [-0.2, -0.15) is 5.01 Å². The minimum Gasteiger partial charge on any atom is -0.457 e. The van der Waals surface area contributed by atoms with Crippen LogP contribution >= 0.6 is 0 Å². The van der Waals surface area contributed by atoms with Crippen LogP contribution < -0.4 is 14.6 Å². The SMILES string of the molecule is CN1CCN(c2ccccc2N(c2ccc(Oc3ccccc3)cc2)[N+]23C=CN=CC2=CN=C3)CC1. The third kappa shape index (κ3) is 4.08. The van der Waals surface area contributed by atoms with Crippen molar-refractivity contribution < 1.29 is 9.33 Å². The Kier molecular flexibility index (Phi) is 5.85. The van der Waals surface area contributed by atoms with Gasteiger partial charge in [0.15, 0.2) is 6.20 Å². The summed E-state index contributed by atoms with van der Waals surface area (Å²) in [7, 11) is 2.18. The van der Waals surface area contributed by atoms with Crippen LogP contribution in [-0.2, 0) is 0 Å². The molecule has 1 fully saturated rings. The molecular weight excluding hydrogens is 448 g/mol. The molecule has 0 aromatic heterocycles. The molecule has 0 saturated carbocycles. The maximum atomic E-state index is 6.07. The van der Waals surface area contributed by atoms with Crippen molar-refractivity contribution in [2.75, 3.05) is 43.1 Å². The molecule has 1 atom stereocenters. The van der Waals surface area contributed by atoms with Crippen molar-refractivity contribution in [2.24, 2.45) is 9.98 Å². The van der Waals surface area contributed by atoms with Crippen molar-refractivity contribution >= 4 is 29.6 Å². The van der Waals surface area contributed by atoms with Crippen LogP contribution in [0.25, 0.3) is 0 Å². The van der Waals surface area contributed by atoms with E-state index in [9.17, 15) is 0 Å². The summed E-state index contributed by atoms with van der Waals surface area (Å²) in [5.41, 5.74) is 4.32. The van der Waals surface area contributed by atoms with Gasteiger partial charge in [-0.25, -0.2) is 4.99 Å². The highest BCUT2D eigenvalue weighted by Gasteiger charge is 2.43. The number of nitrogens with zero attached hydrogens (tertiary/aromatic N) is 6. The first-order chi connectivity index (χ1) is 17.7. The maximum absolute atomic E-state index is 6.07. The van der Waals surface area contributed by atoms with Gasteiger partial charge in [-0.05, 0) is 55.6 Å². The van der Waals surface area contributed by atoms with Crippen molar-refractivity contribution in [2.45, 2.75) is 0 Å². The number of anilines is 3. The van der Waals surface area contributed by atoms with Crippen LogP contribution in [0.15, 0.2) is 113 Å². The highest BCUT2D eigenvalue weighted by molar-refractivity contribution is 5.85. The summed E-state index contributed by atoms with van der Waals surface area (Å²) < 4.78 is 6.38. The zero-order valence-electron chi connectivity index (χ0n) is 20.3. The molecule has 0 amide bonds. The highest BCUT2D eigenvalue weighted by atomic mass is 16.5. The average molecular weight is 478 g/mol. The highest BCUT2D eigenvalue weighted by Crippen LogP contribution is 2.43. The Bertz CT molecular complexity index is 1340. The van der Waals surface area contributed by atoms with E-state index >= 15 is 0 Å². The Hall–Kier alpha value is -4.20. The zero-order chi connectivity index (χ0) is 24.4. The first kappa shape index (κ1) is 22.3. The Morgan fingerprint density at radius 2 is 1.53 bits per heavy atom. The fourth-order valence-corrected chi connectivity index (χ4v) is 4.86. The minimum atomic E-state index is 0.313. The number of benzene rings is 3. The van der Waals surface area contributed by atoms with E-state index < -0.39 is 0 Å². The van der Waals surface area contributed by atoms with E-state index in [1.807, 2.05) is 67.4 Å². The summed E-state index contributed by atoms with van der Waals surface area (Å²) in [4.78, 5) is 13.8. The molecule has 0 aliphatic carbocycles. The van der Waals surface area contributed by atoms with E-state index in [-0.39, 0.29) is 0 Å². The van der Waals surface area contributed by atoms with Crippen LogP contribution in [0.3, 0.4) is 0 Å². The standard InChI is InChI=1S/C29H29N6O/c1-32-16-18-33(19-17-32)28-9-5-6-10-29(28)34(35-20-15-30-21-25(35)22-31-23-35)24-11-13-27(14-12-24)36-26-7-3-2-4-8-26/h2-15,20-23H,16-19H2,1H3/q+1. The summed E-state index contributed by atoms with van der Waals surface area (Å²) in [6, 6.07) is 26.7. The van der Waals surface area contributed by atoms with Crippen molar-refractivity contribution in [3.05, 3.63) is 103 Å². The molecule has 7 nitrogen and oxygen atoms in total. The monoisotopic (exact) mass is 477 g/mol. The van der Waals surface area contributed by atoms with Crippen LogP contribution in [-0.4, -0.2) is 55.3 Å². The Balaban J connectivity index is 1.43. The third-order valence-corrected chi connectivity index (χ3v) is 6.79. The Morgan fingerprint density at radius 3 is 2.33 bits per heavy atom. The topological polar surface area (TPSA) is 43.7 Å². The van der Waals surface area contributed by atoms with Crippen molar-refractivity contribution in [1.29, 1.82) is 0 Å². The number of ether oxygens (including phenoxy) is 1. The largest absolute Gasteiger partial charge is 0.457 e. The van der Waals surface area contributed by atoms with Gasteiger partial charge >= 0.3 is 0 Å². The first-order valence-electron chi connectivity index (χ1n) is 12.2. The number of rotatable bonds is 6. The van der Waals surface area contributed by atoms with Crippen LogP contribution in [0, 0.1) is 0 Å². The number of hydrogen-bond acceptors (Lipinski definition) is 6. The quantitative estimate of drug-likeness (QED) is 0.437. The predicted molar refractivity (Wildman–Crippen MR) is 146 cm³/mol. The summed E-state index contributed by atoms with van der Waals surface area (Å²) in [5.74, 6) is 1.61. The van der Waals surface area contributed by atoms with Gasteiger partial charge in [-0.15, -0.1) is 4.59 Å². The number of aliphatic imine (C=N–C) groups is 2. The normalized spacial score (nSPS) is 20.8. The number of quaternary nitrogens is 1. The van der Waals surface area contributed by atoms with E-state index in [0.717, 1.165) is 54.7 Å². The van der Waals surface area contributed by atoms with Gasteiger partial charge in [-0.3, -0.25) is 4.99 Å². The van der Waals surface area contributed by atoms with Gasteiger partial charge in [0, 0.05) is 26.2 Å². The zero-order valence-corrected chi connectivity index (χ0v) is 20.3. The Morgan fingerprint density at radius 1 is 0.806 bits per heavy atom. The van der Waals surface area contributed by atoms with Crippen LogP contribution in [0.2, 0.25) is 0 Å². The molecule has 0 spiro atoms. The van der Waals surface area contributed by atoms with Crippen molar-refractivity contribution in [3.63, 3.8) is 0 Å². The van der Waals surface area contributed by atoms with Gasteiger partial charge in [0.2, 0.25) is 12.0 Å². The molecule has 1 unspecified atom stereocenters. The van der Waals surface area contributed by atoms with Crippen molar-refractivity contribution in [3.8, 4) is 11.5 Å². The fourth-order valence-electron chi connectivity index (χ4n) is 4.86. The molecule has 0 radical (unpaired) electrons. The van der Waals surface area contributed by atoms with Crippen LogP contribution in [0.4, 0.5) is 17.1 Å². The molecule has 0 N–H and O–H groups in total. The minimum absolute atomic E-state index is 0.313. The molecular formula is C29H29N6O+. The van der Waals surface area contributed by atoms with Gasteiger partial charge in [-0.1, -0.05) is 30.3 Å². The lowest BCUT2D eigenvalue weighted by atomic mass is 10.1. The molecule has 0 bridgehead atoms.